The Kier molecular flexibility index (Phi) is 17.0. The molecule has 0 fully saturated rings. The number of hydrogen-bond acceptors (Lipinski definition) is 2. The molecule has 148 valence electrons. The van der Waals surface area contributed by atoms with E-state index in [2.05, 4.69) is 13.8 Å². The van der Waals surface area contributed by atoms with Crippen molar-refractivity contribution >= 4 is 11.9 Å². The van der Waals surface area contributed by atoms with Gasteiger partial charge in [-0.05, 0) is 19.3 Å². The first-order valence-electron chi connectivity index (χ1n) is 10.6. The third kappa shape index (κ3) is 16.2. The Morgan fingerprint density at radius 3 is 1.52 bits per heavy atom. The zero-order valence-electron chi connectivity index (χ0n) is 16.7. The summed E-state index contributed by atoms with van der Waals surface area (Å²) in [6, 6.07) is 0. The number of carbonyl (C=O) groups excluding carboxylic acids is 1. The minimum absolute atomic E-state index is 0.0909. The van der Waals surface area contributed by atoms with Gasteiger partial charge in [0.25, 0.3) is 0 Å². The highest BCUT2D eigenvalue weighted by atomic mass is 16.4. The molecule has 0 saturated carbocycles. The number of aliphatic carboxylic acids is 1. The third-order valence-corrected chi connectivity index (χ3v) is 4.70. The molecule has 0 rings (SSSR count). The number of unbranched alkanes of at least 4 members (excludes halogenated alkanes) is 10. The predicted octanol–water partition coefficient (Wildman–Crippen LogP) is 5.79. The fourth-order valence-corrected chi connectivity index (χ4v) is 3.08. The van der Waals surface area contributed by atoms with Crippen molar-refractivity contribution in [2.45, 2.75) is 110 Å². The molecule has 0 radical (unpaired) electrons. The van der Waals surface area contributed by atoms with Gasteiger partial charge in [-0.25, -0.2) is 0 Å². The molecule has 0 aromatic rings. The van der Waals surface area contributed by atoms with E-state index in [4.69, 9.17) is 5.11 Å². The molecule has 0 aromatic carbocycles. The van der Waals surface area contributed by atoms with E-state index in [1.165, 1.54) is 64.2 Å². The van der Waals surface area contributed by atoms with Crippen LogP contribution in [0, 0.1) is 0 Å². The first kappa shape index (κ1) is 23.9. The summed E-state index contributed by atoms with van der Waals surface area (Å²) >= 11 is 0. The van der Waals surface area contributed by atoms with Crippen LogP contribution in [0.3, 0.4) is 0 Å². The van der Waals surface area contributed by atoms with E-state index >= 15 is 0 Å². The van der Waals surface area contributed by atoms with Crippen LogP contribution in [0.15, 0.2) is 0 Å². The van der Waals surface area contributed by atoms with Gasteiger partial charge in [-0.2, -0.15) is 0 Å². The largest absolute Gasteiger partial charge is 0.481 e. The summed E-state index contributed by atoms with van der Waals surface area (Å²) in [5.41, 5.74) is 0. The maximum absolute atomic E-state index is 12.4. The predicted molar refractivity (Wildman–Crippen MR) is 105 cm³/mol. The number of hydrogen-bond donors (Lipinski definition) is 1. The molecule has 1 amide bonds. The van der Waals surface area contributed by atoms with Crippen LogP contribution < -0.4 is 0 Å². The lowest BCUT2D eigenvalue weighted by atomic mass is 10.1. The standard InChI is InChI=1S/C21H41NO3/c1-3-5-7-9-11-13-18-22(19-14-12-10-8-6-4-2)20(23)16-15-17-21(24)25/h3-19H2,1-2H3,(H,24,25). The molecule has 4 heteroatoms. The quantitative estimate of drug-likeness (QED) is 0.317. The van der Waals surface area contributed by atoms with Gasteiger partial charge in [0.15, 0.2) is 0 Å². The Labute approximate surface area is 155 Å². The topological polar surface area (TPSA) is 57.6 Å². The van der Waals surface area contributed by atoms with Gasteiger partial charge in [-0.1, -0.05) is 78.1 Å². The van der Waals surface area contributed by atoms with E-state index in [-0.39, 0.29) is 12.3 Å². The van der Waals surface area contributed by atoms with Crippen LogP contribution in [0.4, 0.5) is 0 Å². The van der Waals surface area contributed by atoms with E-state index in [1.54, 1.807) is 0 Å². The van der Waals surface area contributed by atoms with Crippen LogP contribution in [0.2, 0.25) is 0 Å². The van der Waals surface area contributed by atoms with Gasteiger partial charge in [0.2, 0.25) is 5.91 Å². The SMILES string of the molecule is CCCCCCCCN(CCCCCCCC)C(=O)CCCC(=O)O. The van der Waals surface area contributed by atoms with Gasteiger partial charge >= 0.3 is 5.97 Å². The van der Waals surface area contributed by atoms with Crippen molar-refractivity contribution in [3.05, 3.63) is 0 Å². The minimum Gasteiger partial charge on any atom is -0.481 e. The second-order valence-corrected chi connectivity index (χ2v) is 7.16. The highest BCUT2D eigenvalue weighted by molar-refractivity contribution is 5.77. The molecule has 0 atom stereocenters. The van der Waals surface area contributed by atoms with Crippen molar-refractivity contribution in [1.29, 1.82) is 0 Å². The molecule has 0 bridgehead atoms. The molecule has 0 aromatic heterocycles. The summed E-state index contributed by atoms with van der Waals surface area (Å²) in [6.07, 6.45) is 15.7. The second kappa shape index (κ2) is 17.8. The highest BCUT2D eigenvalue weighted by Gasteiger charge is 2.13. The number of amides is 1. The van der Waals surface area contributed by atoms with E-state index in [1.807, 2.05) is 4.90 Å². The van der Waals surface area contributed by atoms with Crippen LogP contribution in [0.1, 0.15) is 110 Å². The van der Waals surface area contributed by atoms with E-state index in [0.29, 0.717) is 12.8 Å². The van der Waals surface area contributed by atoms with Crippen molar-refractivity contribution in [2.24, 2.45) is 0 Å². The molecule has 25 heavy (non-hydrogen) atoms. The molecule has 0 unspecified atom stereocenters. The normalized spacial score (nSPS) is 10.8. The van der Waals surface area contributed by atoms with Crippen LogP contribution in [-0.2, 0) is 9.59 Å². The smallest absolute Gasteiger partial charge is 0.303 e. The Morgan fingerprint density at radius 2 is 1.08 bits per heavy atom. The Hall–Kier alpha value is -1.06. The molecule has 1 N–H and O–H groups in total. The lowest BCUT2D eigenvalue weighted by Crippen LogP contribution is -2.33. The average Bonchev–Trinajstić information content (AvgIpc) is 2.58. The summed E-state index contributed by atoms with van der Waals surface area (Å²) in [4.78, 5) is 25.0. The molecular weight excluding hydrogens is 314 g/mol. The average molecular weight is 356 g/mol. The second-order valence-electron chi connectivity index (χ2n) is 7.16. The Morgan fingerprint density at radius 1 is 0.640 bits per heavy atom. The monoisotopic (exact) mass is 355 g/mol. The first-order chi connectivity index (χ1) is 12.1. The van der Waals surface area contributed by atoms with Crippen LogP contribution in [-0.4, -0.2) is 35.0 Å². The van der Waals surface area contributed by atoms with Crippen LogP contribution in [0.25, 0.3) is 0 Å². The Bertz CT molecular complexity index is 315. The van der Waals surface area contributed by atoms with E-state index < -0.39 is 5.97 Å². The molecule has 0 aliphatic carbocycles. The maximum atomic E-state index is 12.4. The molecule has 0 aliphatic rings. The van der Waals surface area contributed by atoms with Gasteiger partial charge in [0.05, 0.1) is 0 Å². The summed E-state index contributed by atoms with van der Waals surface area (Å²) in [5, 5.41) is 8.73. The maximum Gasteiger partial charge on any atom is 0.303 e. The van der Waals surface area contributed by atoms with Gasteiger partial charge in [0, 0.05) is 25.9 Å². The van der Waals surface area contributed by atoms with Crippen molar-refractivity contribution in [2.75, 3.05) is 13.1 Å². The van der Waals surface area contributed by atoms with Crippen molar-refractivity contribution in [3.8, 4) is 0 Å². The lowest BCUT2D eigenvalue weighted by Gasteiger charge is -2.23. The van der Waals surface area contributed by atoms with Crippen molar-refractivity contribution in [1.82, 2.24) is 4.90 Å². The van der Waals surface area contributed by atoms with Gasteiger partial charge < -0.3 is 10.0 Å². The fourth-order valence-electron chi connectivity index (χ4n) is 3.08. The molecule has 0 saturated heterocycles. The minimum atomic E-state index is -0.814. The van der Waals surface area contributed by atoms with Crippen molar-refractivity contribution in [3.63, 3.8) is 0 Å². The Balaban J connectivity index is 4.06. The number of carbonyl (C=O) groups is 2. The summed E-state index contributed by atoms with van der Waals surface area (Å²) < 4.78 is 0. The van der Waals surface area contributed by atoms with Crippen LogP contribution in [0.5, 0.6) is 0 Å². The van der Waals surface area contributed by atoms with Crippen molar-refractivity contribution < 1.29 is 14.7 Å². The third-order valence-electron chi connectivity index (χ3n) is 4.70. The van der Waals surface area contributed by atoms with E-state index in [9.17, 15) is 9.59 Å². The zero-order chi connectivity index (χ0) is 18.8. The molecule has 0 heterocycles. The summed E-state index contributed by atoms with van der Waals surface area (Å²) in [7, 11) is 0. The van der Waals surface area contributed by atoms with Crippen LogP contribution >= 0.6 is 0 Å². The summed E-state index contributed by atoms with van der Waals surface area (Å²) in [6.45, 7) is 6.12. The van der Waals surface area contributed by atoms with E-state index in [0.717, 1.165) is 25.9 Å². The summed E-state index contributed by atoms with van der Waals surface area (Å²) in [5.74, 6) is -0.672. The molecule has 4 nitrogen and oxygen atoms in total. The lowest BCUT2D eigenvalue weighted by molar-refractivity contribution is -0.137. The number of carboxylic acid groups (broad SMARTS) is 1. The number of rotatable bonds is 18. The zero-order valence-corrected chi connectivity index (χ0v) is 16.7. The fraction of sp³-hybridized carbons (Fsp3) is 0.905. The highest BCUT2D eigenvalue weighted by Crippen LogP contribution is 2.11. The number of nitrogens with zero attached hydrogens (tertiary/aromatic N) is 1. The molecular formula is C21H41NO3. The van der Waals surface area contributed by atoms with Gasteiger partial charge in [-0.3, -0.25) is 9.59 Å². The number of carboxylic acids is 1. The molecule has 0 spiro atoms. The van der Waals surface area contributed by atoms with Gasteiger partial charge in [-0.15, -0.1) is 0 Å². The molecule has 0 aliphatic heterocycles. The van der Waals surface area contributed by atoms with Gasteiger partial charge in [0.1, 0.15) is 0 Å². The first-order valence-corrected chi connectivity index (χ1v) is 10.6.